The zero-order valence-electron chi connectivity index (χ0n) is 23.4. The van der Waals surface area contributed by atoms with Crippen molar-refractivity contribution in [1.29, 1.82) is 0 Å². The van der Waals surface area contributed by atoms with Crippen LogP contribution in [0, 0.1) is 5.92 Å². The van der Waals surface area contributed by atoms with E-state index < -0.39 is 0 Å². The molecule has 9 heteroatoms. The van der Waals surface area contributed by atoms with Gasteiger partial charge in [-0.25, -0.2) is 4.79 Å². The number of carbonyl (C=O) groups excluding carboxylic acids is 2. The highest BCUT2D eigenvalue weighted by atomic mass is 16.5. The van der Waals surface area contributed by atoms with Gasteiger partial charge in [-0.1, -0.05) is 26.2 Å². The van der Waals surface area contributed by atoms with Crippen LogP contribution in [-0.4, -0.2) is 76.8 Å². The molecular weight excluding hydrogens is 494 g/mol. The van der Waals surface area contributed by atoms with Gasteiger partial charge in [-0.3, -0.25) is 14.7 Å². The number of aliphatic hydroxyl groups is 1. The molecule has 1 saturated carbocycles. The topological polar surface area (TPSA) is 107 Å². The summed E-state index contributed by atoms with van der Waals surface area (Å²) in [6, 6.07) is 9.20. The van der Waals surface area contributed by atoms with Gasteiger partial charge in [0.1, 0.15) is 11.9 Å². The molecule has 2 aromatic rings. The first-order valence-electron chi connectivity index (χ1n) is 14.2. The van der Waals surface area contributed by atoms with Crippen molar-refractivity contribution in [3.63, 3.8) is 0 Å². The Kier molecular flexibility index (Phi) is 10.2. The third kappa shape index (κ3) is 8.16. The van der Waals surface area contributed by atoms with Gasteiger partial charge in [-0.2, -0.15) is 0 Å². The molecule has 1 aliphatic heterocycles. The second kappa shape index (κ2) is 13.8. The zero-order chi connectivity index (χ0) is 27.8. The highest BCUT2D eigenvalue weighted by molar-refractivity contribution is 5.90. The lowest BCUT2D eigenvalue weighted by Crippen LogP contribution is -2.47. The fourth-order valence-corrected chi connectivity index (χ4v) is 5.50. The molecule has 1 aromatic heterocycles. The Labute approximate surface area is 231 Å². The van der Waals surface area contributed by atoms with Gasteiger partial charge < -0.3 is 25.4 Å². The molecule has 0 bridgehead atoms. The summed E-state index contributed by atoms with van der Waals surface area (Å²) in [5, 5.41) is 15.9. The maximum absolute atomic E-state index is 13.4. The molecule has 39 heavy (non-hydrogen) atoms. The number of aromatic nitrogens is 1. The van der Waals surface area contributed by atoms with Gasteiger partial charge in [0.25, 0.3) is 0 Å². The minimum Gasteiger partial charge on any atom is -0.488 e. The van der Waals surface area contributed by atoms with E-state index in [2.05, 4.69) is 34.5 Å². The molecule has 1 aromatic carbocycles. The number of urea groups is 1. The van der Waals surface area contributed by atoms with Gasteiger partial charge in [-0.15, -0.1) is 0 Å². The van der Waals surface area contributed by atoms with Crippen molar-refractivity contribution in [2.75, 3.05) is 32.1 Å². The first kappa shape index (κ1) is 28.8. The van der Waals surface area contributed by atoms with E-state index in [0.29, 0.717) is 24.5 Å². The van der Waals surface area contributed by atoms with Gasteiger partial charge >= 0.3 is 6.03 Å². The van der Waals surface area contributed by atoms with E-state index in [9.17, 15) is 14.7 Å². The fourth-order valence-electron chi connectivity index (χ4n) is 5.50. The lowest BCUT2D eigenvalue weighted by Gasteiger charge is -2.34. The van der Waals surface area contributed by atoms with Crippen LogP contribution in [0.1, 0.15) is 57.1 Å². The lowest BCUT2D eigenvalue weighted by atomic mass is 9.96. The molecule has 0 spiro atoms. The summed E-state index contributed by atoms with van der Waals surface area (Å²) < 4.78 is 6.61. The molecule has 212 valence electrons. The molecule has 4 rings (SSSR count). The number of hydrogen-bond donors (Lipinski definition) is 3. The Morgan fingerprint density at radius 2 is 1.95 bits per heavy atom. The molecule has 0 unspecified atom stereocenters. The van der Waals surface area contributed by atoms with E-state index in [1.807, 2.05) is 37.3 Å². The van der Waals surface area contributed by atoms with E-state index >= 15 is 0 Å². The van der Waals surface area contributed by atoms with Crippen LogP contribution in [0.2, 0.25) is 0 Å². The van der Waals surface area contributed by atoms with Crippen molar-refractivity contribution in [1.82, 2.24) is 20.1 Å². The highest BCUT2D eigenvalue weighted by Gasteiger charge is 2.31. The number of carbonyl (C=O) groups is 2. The number of amides is 3. The molecule has 1 aliphatic carbocycles. The number of ether oxygens (including phenoxy) is 1. The third-order valence-corrected chi connectivity index (χ3v) is 7.81. The molecule has 1 fully saturated rings. The summed E-state index contributed by atoms with van der Waals surface area (Å²) in [4.78, 5) is 34.2. The van der Waals surface area contributed by atoms with E-state index in [1.165, 1.54) is 6.42 Å². The number of rotatable bonds is 8. The number of benzene rings is 1. The monoisotopic (exact) mass is 537 g/mol. The first-order chi connectivity index (χ1) is 18.8. The highest BCUT2D eigenvalue weighted by Crippen LogP contribution is 2.29. The average molecular weight is 538 g/mol. The van der Waals surface area contributed by atoms with Gasteiger partial charge in [-0.05, 0) is 62.7 Å². The van der Waals surface area contributed by atoms with Crippen molar-refractivity contribution < 1.29 is 19.4 Å². The second-order valence-electron chi connectivity index (χ2n) is 11.2. The largest absolute Gasteiger partial charge is 0.488 e. The van der Waals surface area contributed by atoms with E-state index in [1.54, 1.807) is 17.3 Å². The molecule has 3 atom stereocenters. The molecular formula is C30H43N5O4. The number of likely N-dealkylation sites (N-methyl/N-ethyl adjacent to an activating group) is 1. The van der Waals surface area contributed by atoms with Gasteiger partial charge in [0.15, 0.2) is 0 Å². The number of hydrogen-bond acceptors (Lipinski definition) is 6. The maximum Gasteiger partial charge on any atom is 0.319 e. The number of anilines is 1. The van der Waals surface area contributed by atoms with Gasteiger partial charge in [0, 0.05) is 55.2 Å². The molecule has 2 aliphatic rings. The summed E-state index contributed by atoms with van der Waals surface area (Å²) in [5.74, 6) is 0.602. The van der Waals surface area contributed by atoms with Crippen molar-refractivity contribution in [2.45, 2.75) is 77.1 Å². The minimum atomic E-state index is -0.306. The minimum absolute atomic E-state index is 0.0212. The van der Waals surface area contributed by atoms with Crippen molar-refractivity contribution in [2.24, 2.45) is 5.92 Å². The predicted octanol–water partition coefficient (Wildman–Crippen LogP) is 3.82. The van der Waals surface area contributed by atoms with E-state index in [-0.39, 0.29) is 49.1 Å². The molecule has 9 nitrogen and oxygen atoms in total. The smallest absolute Gasteiger partial charge is 0.319 e. The Morgan fingerprint density at radius 3 is 2.67 bits per heavy atom. The summed E-state index contributed by atoms with van der Waals surface area (Å²) in [6.45, 7) is 5.73. The average Bonchev–Trinajstić information content (AvgIpc) is 2.97. The Morgan fingerprint density at radius 1 is 1.21 bits per heavy atom. The van der Waals surface area contributed by atoms with E-state index in [0.717, 1.165) is 43.4 Å². The maximum atomic E-state index is 13.4. The molecule has 3 N–H and O–H groups in total. The normalized spacial score (nSPS) is 21.3. The number of pyridine rings is 1. The Bertz CT molecular complexity index is 1090. The fraction of sp³-hybridized carbons (Fsp3) is 0.567. The number of nitrogens with zero attached hydrogens (tertiary/aromatic N) is 3. The van der Waals surface area contributed by atoms with Crippen LogP contribution in [0.15, 0.2) is 42.7 Å². The third-order valence-electron chi connectivity index (χ3n) is 7.81. The Hall–Kier alpha value is -3.17. The zero-order valence-corrected chi connectivity index (χ0v) is 23.4. The first-order valence-corrected chi connectivity index (χ1v) is 14.2. The van der Waals surface area contributed by atoms with Crippen LogP contribution in [0.3, 0.4) is 0 Å². The van der Waals surface area contributed by atoms with Crippen LogP contribution < -0.4 is 15.4 Å². The summed E-state index contributed by atoms with van der Waals surface area (Å²) in [5.41, 5.74) is 2.51. The predicted molar refractivity (Wildman–Crippen MR) is 152 cm³/mol. The SMILES string of the molecule is C[C@H]1CN([C@@H](C)CO)C(=O)Cc2cc(NC(=O)NC3CCCCC3)ccc2O[C@@H]1CN(C)Cc1ccncc1. The Balaban J connectivity index is 1.53. The van der Waals surface area contributed by atoms with Crippen molar-refractivity contribution in [3.05, 3.63) is 53.9 Å². The molecule has 0 radical (unpaired) electrons. The van der Waals surface area contributed by atoms with Crippen LogP contribution in [0.4, 0.5) is 10.5 Å². The van der Waals surface area contributed by atoms with Gasteiger partial charge in [0.2, 0.25) is 5.91 Å². The van der Waals surface area contributed by atoms with Crippen molar-refractivity contribution >= 4 is 17.6 Å². The quantitative estimate of drug-likeness (QED) is 0.473. The number of nitrogens with one attached hydrogen (secondary N) is 2. The summed E-state index contributed by atoms with van der Waals surface area (Å²) >= 11 is 0. The summed E-state index contributed by atoms with van der Waals surface area (Å²) in [6.07, 6.45) is 9.05. The number of fused-ring (bicyclic) bond motifs is 1. The lowest BCUT2D eigenvalue weighted by molar-refractivity contribution is -0.134. The van der Waals surface area contributed by atoms with Crippen molar-refractivity contribution in [3.8, 4) is 5.75 Å². The van der Waals surface area contributed by atoms with E-state index in [4.69, 9.17) is 4.74 Å². The molecule has 0 saturated heterocycles. The van der Waals surface area contributed by atoms with Crippen LogP contribution in [-0.2, 0) is 17.8 Å². The van der Waals surface area contributed by atoms with Crippen LogP contribution >= 0.6 is 0 Å². The molecule has 2 heterocycles. The standard InChI is InChI=1S/C30H43N5O4/c1-21-17-35(22(2)20-36)29(37)16-24-15-26(33-30(38)32-25-7-5-4-6-8-25)9-10-27(24)39-28(21)19-34(3)18-23-11-13-31-14-12-23/h9-15,21-22,25,28,36H,4-8,16-20H2,1-3H3,(H2,32,33,38)/t21-,22-,28+/m0/s1. The second-order valence-corrected chi connectivity index (χ2v) is 11.2. The van der Waals surface area contributed by atoms with Crippen LogP contribution in [0.25, 0.3) is 0 Å². The number of aliphatic hydroxyl groups excluding tert-OH is 1. The summed E-state index contributed by atoms with van der Waals surface area (Å²) in [7, 11) is 2.06. The van der Waals surface area contributed by atoms with Crippen LogP contribution in [0.5, 0.6) is 5.75 Å². The molecule has 3 amide bonds. The van der Waals surface area contributed by atoms with Gasteiger partial charge in [0.05, 0.1) is 19.1 Å².